The highest BCUT2D eigenvalue weighted by atomic mass is 15.1. The summed E-state index contributed by atoms with van der Waals surface area (Å²) in [5, 5.41) is 2.67. The number of aryl methyl sites for hydroxylation is 1. The van der Waals surface area contributed by atoms with E-state index in [9.17, 15) is 0 Å². The number of rotatable bonds is 3. The monoisotopic (exact) mass is 213 g/mol. The highest BCUT2D eigenvalue weighted by Crippen LogP contribution is 2.22. The van der Waals surface area contributed by atoms with Crippen LogP contribution in [-0.4, -0.2) is 14.1 Å². The molecule has 0 saturated heterocycles. The predicted octanol–water partition coefficient (Wildman–Crippen LogP) is 3.86. The zero-order chi connectivity index (χ0) is 11.5. The summed E-state index contributed by atoms with van der Waals surface area (Å²) in [6.07, 6.45) is 2.38. The van der Waals surface area contributed by atoms with Crippen LogP contribution in [-0.2, 0) is 6.42 Å². The first kappa shape index (κ1) is 11.0. The van der Waals surface area contributed by atoms with E-state index >= 15 is 0 Å². The summed E-state index contributed by atoms with van der Waals surface area (Å²) >= 11 is 0. The molecular formula is C15H19N. The van der Waals surface area contributed by atoms with Crippen LogP contribution in [0.2, 0.25) is 0 Å². The molecule has 0 saturated carbocycles. The van der Waals surface area contributed by atoms with Crippen molar-refractivity contribution in [3.8, 4) is 0 Å². The summed E-state index contributed by atoms with van der Waals surface area (Å²) in [4.78, 5) is 2.14. The Kier molecular flexibility index (Phi) is 3.14. The Bertz CT molecular complexity index is 486. The fourth-order valence-corrected chi connectivity index (χ4v) is 2.00. The van der Waals surface area contributed by atoms with E-state index in [1.807, 2.05) is 0 Å². The standard InChI is InChI=1S/C15H19N/c1-4-5-12-6-7-14-11-15(16(2)3)9-8-13(14)10-12/h6-11H,4-5H2,1-3H3. The van der Waals surface area contributed by atoms with Gasteiger partial charge in [-0.2, -0.15) is 0 Å². The van der Waals surface area contributed by atoms with Gasteiger partial charge in [-0.05, 0) is 34.9 Å². The molecule has 16 heavy (non-hydrogen) atoms. The molecule has 0 aliphatic rings. The average molecular weight is 213 g/mol. The minimum absolute atomic E-state index is 1.17. The van der Waals surface area contributed by atoms with Crippen LogP contribution >= 0.6 is 0 Å². The SMILES string of the molecule is CCCc1ccc2cc(N(C)C)ccc2c1. The molecule has 1 nitrogen and oxygen atoms in total. The van der Waals surface area contributed by atoms with Gasteiger partial charge in [0, 0.05) is 19.8 Å². The van der Waals surface area contributed by atoms with Crippen molar-refractivity contribution < 1.29 is 0 Å². The molecule has 1 heteroatoms. The third kappa shape index (κ3) is 2.19. The summed E-state index contributed by atoms with van der Waals surface area (Å²) < 4.78 is 0. The summed E-state index contributed by atoms with van der Waals surface area (Å²) in [5.74, 6) is 0. The molecule has 2 rings (SSSR count). The van der Waals surface area contributed by atoms with Gasteiger partial charge in [0.2, 0.25) is 0 Å². The van der Waals surface area contributed by atoms with E-state index in [0.717, 1.165) is 0 Å². The van der Waals surface area contributed by atoms with E-state index in [4.69, 9.17) is 0 Å². The van der Waals surface area contributed by atoms with Gasteiger partial charge in [-0.25, -0.2) is 0 Å². The summed E-state index contributed by atoms with van der Waals surface area (Å²) in [6, 6.07) is 13.4. The van der Waals surface area contributed by atoms with Crippen molar-refractivity contribution >= 4 is 16.5 Å². The Morgan fingerprint density at radius 3 is 2.31 bits per heavy atom. The van der Waals surface area contributed by atoms with Crippen LogP contribution in [0.15, 0.2) is 36.4 Å². The molecule has 0 unspecified atom stereocenters. The molecule has 0 aliphatic carbocycles. The largest absolute Gasteiger partial charge is 0.378 e. The van der Waals surface area contributed by atoms with E-state index in [1.54, 1.807) is 0 Å². The van der Waals surface area contributed by atoms with Crippen molar-refractivity contribution in [2.75, 3.05) is 19.0 Å². The molecule has 0 bridgehead atoms. The van der Waals surface area contributed by atoms with Crippen molar-refractivity contribution in [1.82, 2.24) is 0 Å². The topological polar surface area (TPSA) is 3.24 Å². The molecule has 2 aromatic rings. The van der Waals surface area contributed by atoms with Crippen LogP contribution in [0.25, 0.3) is 10.8 Å². The van der Waals surface area contributed by atoms with Gasteiger partial charge in [-0.15, -0.1) is 0 Å². The average Bonchev–Trinajstić information content (AvgIpc) is 2.28. The smallest absolute Gasteiger partial charge is 0.0367 e. The lowest BCUT2D eigenvalue weighted by Gasteiger charge is -2.13. The first-order valence-corrected chi connectivity index (χ1v) is 5.90. The van der Waals surface area contributed by atoms with Crippen molar-refractivity contribution in [3.05, 3.63) is 42.0 Å². The third-order valence-electron chi connectivity index (χ3n) is 2.94. The molecule has 0 aliphatic heterocycles. The second kappa shape index (κ2) is 4.56. The number of hydrogen-bond donors (Lipinski definition) is 0. The van der Waals surface area contributed by atoms with Crippen LogP contribution in [0.5, 0.6) is 0 Å². The lowest BCUT2D eigenvalue weighted by Crippen LogP contribution is -2.07. The number of fused-ring (bicyclic) bond motifs is 1. The number of benzene rings is 2. The maximum atomic E-state index is 2.30. The van der Waals surface area contributed by atoms with Crippen LogP contribution in [0, 0.1) is 0 Å². The number of anilines is 1. The van der Waals surface area contributed by atoms with Gasteiger partial charge in [0.1, 0.15) is 0 Å². The van der Waals surface area contributed by atoms with E-state index < -0.39 is 0 Å². The van der Waals surface area contributed by atoms with Gasteiger partial charge in [-0.1, -0.05) is 37.6 Å². The third-order valence-corrected chi connectivity index (χ3v) is 2.94. The molecule has 0 heterocycles. The van der Waals surface area contributed by atoms with Crippen molar-refractivity contribution in [3.63, 3.8) is 0 Å². The van der Waals surface area contributed by atoms with Crippen LogP contribution in [0.1, 0.15) is 18.9 Å². The fraction of sp³-hybridized carbons (Fsp3) is 0.333. The summed E-state index contributed by atoms with van der Waals surface area (Å²) in [5.41, 5.74) is 2.70. The van der Waals surface area contributed by atoms with Gasteiger partial charge in [0.25, 0.3) is 0 Å². The molecular weight excluding hydrogens is 194 g/mol. The molecule has 2 aromatic carbocycles. The Morgan fingerprint density at radius 2 is 1.62 bits per heavy atom. The van der Waals surface area contributed by atoms with Gasteiger partial charge < -0.3 is 4.90 Å². The Balaban J connectivity index is 2.44. The van der Waals surface area contributed by atoms with E-state index in [0.29, 0.717) is 0 Å². The summed E-state index contributed by atoms with van der Waals surface area (Å²) in [7, 11) is 4.15. The molecule has 0 N–H and O–H groups in total. The molecule has 0 amide bonds. The highest BCUT2D eigenvalue weighted by molar-refractivity contribution is 5.86. The van der Waals surface area contributed by atoms with Crippen molar-refractivity contribution in [1.29, 1.82) is 0 Å². The zero-order valence-corrected chi connectivity index (χ0v) is 10.3. The predicted molar refractivity (Wildman–Crippen MR) is 72.3 cm³/mol. The zero-order valence-electron chi connectivity index (χ0n) is 10.3. The highest BCUT2D eigenvalue weighted by Gasteiger charge is 1.99. The molecule has 0 aromatic heterocycles. The summed E-state index contributed by atoms with van der Waals surface area (Å²) in [6.45, 7) is 2.22. The Morgan fingerprint density at radius 1 is 0.938 bits per heavy atom. The number of hydrogen-bond acceptors (Lipinski definition) is 1. The van der Waals surface area contributed by atoms with E-state index in [2.05, 4.69) is 62.3 Å². The van der Waals surface area contributed by atoms with Crippen molar-refractivity contribution in [2.45, 2.75) is 19.8 Å². The molecule has 0 radical (unpaired) electrons. The minimum Gasteiger partial charge on any atom is -0.378 e. The van der Waals surface area contributed by atoms with E-state index in [-0.39, 0.29) is 0 Å². The van der Waals surface area contributed by atoms with Crippen molar-refractivity contribution in [2.24, 2.45) is 0 Å². The lowest BCUT2D eigenvalue weighted by molar-refractivity contribution is 0.924. The molecule has 84 valence electrons. The normalized spacial score (nSPS) is 10.7. The van der Waals surface area contributed by atoms with E-state index in [1.165, 1.54) is 34.9 Å². The first-order valence-electron chi connectivity index (χ1n) is 5.90. The van der Waals surface area contributed by atoms with Gasteiger partial charge in [-0.3, -0.25) is 0 Å². The fourth-order valence-electron chi connectivity index (χ4n) is 2.00. The van der Waals surface area contributed by atoms with Gasteiger partial charge >= 0.3 is 0 Å². The quantitative estimate of drug-likeness (QED) is 0.748. The lowest BCUT2D eigenvalue weighted by atomic mass is 10.0. The molecule has 0 spiro atoms. The number of nitrogens with zero attached hydrogens (tertiary/aromatic N) is 1. The second-order valence-electron chi connectivity index (χ2n) is 4.51. The minimum atomic E-state index is 1.17. The maximum Gasteiger partial charge on any atom is 0.0367 e. The Hall–Kier alpha value is -1.50. The van der Waals surface area contributed by atoms with Gasteiger partial charge in [0.05, 0.1) is 0 Å². The van der Waals surface area contributed by atoms with Crippen LogP contribution < -0.4 is 4.90 Å². The molecule has 0 atom stereocenters. The molecule has 0 fully saturated rings. The maximum absolute atomic E-state index is 2.30. The second-order valence-corrected chi connectivity index (χ2v) is 4.51. The van der Waals surface area contributed by atoms with Gasteiger partial charge in [0.15, 0.2) is 0 Å². The first-order chi connectivity index (χ1) is 7.70. The van der Waals surface area contributed by atoms with Crippen LogP contribution in [0.4, 0.5) is 5.69 Å². The van der Waals surface area contributed by atoms with Crippen LogP contribution in [0.3, 0.4) is 0 Å². The Labute approximate surface area is 97.7 Å².